The largest absolute Gasteiger partial charge is 0.388 e. The van der Waals surface area contributed by atoms with Gasteiger partial charge >= 0.3 is 0 Å². The lowest BCUT2D eigenvalue weighted by Gasteiger charge is -2.26. The molecule has 1 aliphatic heterocycles. The molecule has 0 radical (unpaired) electrons. The molecule has 1 saturated heterocycles. The number of hydrogen-bond donors (Lipinski definition) is 3. The van der Waals surface area contributed by atoms with Crippen molar-refractivity contribution in [2.75, 3.05) is 52.5 Å². The minimum absolute atomic E-state index is 0. The Hall–Kier alpha value is -0.120. The molecule has 0 bridgehead atoms. The highest BCUT2D eigenvalue weighted by Gasteiger charge is 2.24. The molecule has 1 heterocycles. The Bertz CT molecular complexity index is 357. The summed E-state index contributed by atoms with van der Waals surface area (Å²) in [5.41, 5.74) is -0.664. The van der Waals surface area contributed by atoms with Gasteiger partial charge in [0.25, 0.3) is 0 Å². The Labute approximate surface area is 177 Å². The van der Waals surface area contributed by atoms with Crippen molar-refractivity contribution in [1.82, 2.24) is 15.5 Å². The van der Waals surface area contributed by atoms with Crippen LogP contribution < -0.4 is 10.6 Å². The molecule has 0 atom stereocenters. The Morgan fingerprint density at radius 2 is 1.73 bits per heavy atom. The zero-order valence-corrected chi connectivity index (χ0v) is 19.4. The second-order valence-corrected chi connectivity index (χ2v) is 7.01. The van der Waals surface area contributed by atoms with Gasteiger partial charge in [0, 0.05) is 26.2 Å². The third-order valence-electron chi connectivity index (χ3n) is 4.60. The summed E-state index contributed by atoms with van der Waals surface area (Å²) in [6.45, 7) is 13.5. The molecule has 0 aromatic heterocycles. The second-order valence-electron chi connectivity index (χ2n) is 7.01. The SMILES string of the molecule is CCCC(O)(CCC)CN=C(NCC)NCCCCN1CCOCC1.I. The lowest BCUT2D eigenvalue weighted by atomic mass is 9.93. The smallest absolute Gasteiger partial charge is 0.191 e. The Morgan fingerprint density at radius 1 is 1.08 bits per heavy atom. The monoisotopic (exact) mass is 484 g/mol. The van der Waals surface area contributed by atoms with Crippen molar-refractivity contribution in [3.05, 3.63) is 0 Å². The lowest BCUT2D eigenvalue weighted by molar-refractivity contribution is 0.0305. The fourth-order valence-corrected chi connectivity index (χ4v) is 3.27. The van der Waals surface area contributed by atoms with Gasteiger partial charge in [-0.3, -0.25) is 9.89 Å². The molecule has 1 fully saturated rings. The van der Waals surface area contributed by atoms with E-state index in [9.17, 15) is 5.11 Å². The van der Waals surface area contributed by atoms with Gasteiger partial charge < -0.3 is 20.5 Å². The standard InChI is InChI=1S/C19H40N4O2.HI/c1-4-9-19(24,10-5-2)17-22-18(20-6-3)21-11-7-8-12-23-13-15-25-16-14-23;/h24H,4-17H2,1-3H3,(H2,20,21,22);1H. The summed E-state index contributed by atoms with van der Waals surface area (Å²) in [6, 6.07) is 0. The van der Waals surface area contributed by atoms with Crippen LogP contribution in [-0.2, 0) is 4.74 Å². The molecular weight excluding hydrogens is 443 g/mol. The second kappa shape index (κ2) is 15.9. The average molecular weight is 484 g/mol. The van der Waals surface area contributed by atoms with Crippen LogP contribution in [0.1, 0.15) is 59.3 Å². The number of morpholine rings is 1. The van der Waals surface area contributed by atoms with Gasteiger partial charge in [-0.1, -0.05) is 26.7 Å². The number of guanidine groups is 1. The van der Waals surface area contributed by atoms with Crippen molar-refractivity contribution in [1.29, 1.82) is 0 Å². The topological polar surface area (TPSA) is 69.1 Å². The molecule has 0 aliphatic carbocycles. The maximum Gasteiger partial charge on any atom is 0.191 e. The van der Waals surface area contributed by atoms with Crippen molar-refractivity contribution in [2.45, 2.75) is 64.9 Å². The zero-order chi connectivity index (χ0) is 18.4. The van der Waals surface area contributed by atoms with Crippen molar-refractivity contribution in [3.8, 4) is 0 Å². The van der Waals surface area contributed by atoms with Crippen LogP contribution in [0, 0.1) is 0 Å². The molecule has 1 rings (SSSR count). The first-order valence-electron chi connectivity index (χ1n) is 10.2. The third kappa shape index (κ3) is 11.6. The zero-order valence-electron chi connectivity index (χ0n) is 17.1. The van der Waals surface area contributed by atoms with Gasteiger partial charge in [0.05, 0.1) is 25.4 Å². The number of aliphatic imine (C=N–C) groups is 1. The summed E-state index contributed by atoms with van der Waals surface area (Å²) < 4.78 is 5.38. The fraction of sp³-hybridized carbons (Fsp3) is 0.947. The van der Waals surface area contributed by atoms with Crippen LogP contribution in [0.3, 0.4) is 0 Å². The van der Waals surface area contributed by atoms with Gasteiger partial charge in [-0.2, -0.15) is 0 Å². The predicted molar refractivity (Wildman–Crippen MR) is 121 cm³/mol. The summed E-state index contributed by atoms with van der Waals surface area (Å²) in [5, 5.41) is 17.4. The molecule has 0 aromatic carbocycles. The van der Waals surface area contributed by atoms with Gasteiger partial charge in [0.1, 0.15) is 0 Å². The summed E-state index contributed by atoms with van der Waals surface area (Å²) in [4.78, 5) is 7.10. The highest BCUT2D eigenvalue weighted by Crippen LogP contribution is 2.19. The minimum atomic E-state index is -0.664. The predicted octanol–water partition coefficient (Wildman–Crippen LogP) is 2.60. The van der Waals surface area contributed by atoms with Crippen LogP contribution in [0.2, 0.25) is 0 Å². The Kier molecular flexibility index (Phi) is 15.8. The molecule has 1 aliphatic rings. The van der Waals surface area contributed by atoms with Crippen molar-refractivity contribution in [3.63, 3.8) is 0 Å². The van der Waals surface area contributed by atoms with Gasteiger partial charge in [-0.05, 0) is 39.2 Å². The lowest BCUT2D eigenvalue weighted by Crippen LogP contribution is -2.41. The first-order chi connectivity index (χ1) is 12.1. The van der Waals surface area contributed by atoms with Crippen LogP contribution in [0.25, 0.3) is 0 Å². The number of aliphatic hydroxyl groups is 1. The summed E-state index contributed by atoms with van der Waals surface area (Å²) in [6.07, 6.45) is 5.89. The van der Waals surface area contributed by atoms with E-state index >= 15 is 0 Å². The van der Waals surface area contributed by atoms with E-state index in [0.29, 0.717) is 6.54 Å². The first-order valence-corrected chi connectivity index (χ1v) is 10.2. The van der Waals surface area contributed by atoms with E-state index in [1.165, 1.54) is 6.42 Å². The van der Waals surface area contributed by atoms with E-state index in [-0.39, 0.29) is 24.0 Å². The van der Waals surface area contributed by atoms with E-state index in [1.54, 1.807) is 0 Å². The minimum Gasteiger partial charge on any atom is -0.388 e. The summed E-state index contributed by atoms with van der Waals surface area (Å²) >= 11 is 0. The number of rotatable bonds is 12. The molecule has 6 nitrogen and oxygen atoms in total. The molecule has 0 aromatic rings. The molecule has 3 N–H and O–H groups in total. The molecule has 7 heteroatoms. The van der Waals surface area contributed by atoms with Crippen LogP contribution in [0.4, 0.5) is 0 Å². The fourth-order valence-electron chi connectivity index (χ4n) is 3.27. The molecule has 0 saturated carbocycles. The Balaban J connectivity index is 0.00000625. The van der Waals surface area contributed by atoms with Crippen LogP contribution in [-0.4, -0.2) is 74.0 Å². The molecule has 156 valence electrons. The van der Waals surface area contributed by atoms with E-state index < -0.39 is 5.60 Å². The number of hydrogen-bond acceptors (Lipinski definition) is 4. The Morgan fingerprint density at radius 3 is 2.31 bits per heavy atom. The van der Waals surface area contributed by atoms with E-state index in [2.05, 4.69) is 41.3 Å². The summed E-state index contributed by atoms with van der Waals surface area (Å²) in [5.74, 6) is 0.819. The number of halogens is 1. The van der Waals surface area contributed by atoms with Crippen molar-refractivity contribution in [2.24, 2.45) is 4.99 Å². The highest BCUT2D eigenvalue weighted by molar-refractivity contribution is 14.0. The van der Waals surface area contributed by atoms with E-state index in [1.807, 2.05) is 0 Å². The van der Waals surface area contributed by atoms with Crippen LogP contribution >= 0.6 is 24.0 Å². The van der Waals surface area contributed by atoms with E-state index in [0.717, 1.165) is 84.0 Å². The maximum absolute atomic E-state index is 10.7. The normalized spacial score (nSPS) is 16.2. The molecule has 26 heavy (non-hydrogen) atoms. The van der Waals surface area contributed by atoms with Gasteiger partial charge in [-0.25, -0.2) is 0 Å². The van der Waals surface area contributed by atoms with Crippen LogP contribution in [0.5, 0.6) is 0 Å². The highest BCUT2D eigenvalue weighted by atomic mass is 127. The number of nitrogens with one attached hydrogen (secondary N) is 2. The maximum atomic E-state index is 10.7. The van der Waals surface area contributed by atoms with Gasteiger partial charge in [0.2, 0.25) is 0 Å². The first kappa shape index (κ1) is 25.9. The van der Waals surface area contributed by atoms with Gasteiger partial charge in [-0.15, -0.1) is 24.0 Å². The molecule has 0 amide bonds. The quantitative estimate of drug-likeness (QED) is 0.172. The third-order valence-corrected chi connectivity index (χ3v) is 4.60. The van der Waals surface area contributed by atoms with Gasteiger partial charge in [0.15, 0.2) is 5.96 Å². The molecular formula is C19H41IN4O2. The molecule has 0 unspecified atom stereocenters. The van der Waals surface area contributed by atoms with E-state index in [4.69, 9.17) is 4.74 Å². The number of ether oxygens (including phenoxy) is 1. The van der Waals surface area contributed by atoms with Crippen molar-refractivity contribution < 1.29 is 9.84 Å². The summed E-state index contributed by atoms with van der Waals surface area (Å²) in [7, 11) is 0. The average Bonchev–Trinajstić information content (AvgIpc) is 2.61. The molecule has 0 spiro atoms. The number of nitrogens with zero attached hydrogens (tertiary/aromatic N) is 2. The van der Waals surface area contributed by atoms with Crippen LogP contribution in [0.15, 0.2) is 4.99 Å². The number of unbranched alkanes of at least 4 members (excludes halogenated alkanes) is 1. The van der Waals surface area contributed by atoms with Crippen molar-refractivity contribution >= 4 is 29.9 Å².